The van der Waals surface area contributed by atoms with Gasteiger partial charge >= 0.3 is 0 Å². The zero-order valence-corrected chi connectivity index (χ0v) is 15.9. The SMILES string of the molecule is COc1ccc(CN2CCCC[C@H](NC(=O)Cc3cccs3)C2)c(F)c1. The summed E-state index contributed by atoms with van der Waals surface area (Å²) >= 11 is 1.60. The Kier molecular flexibility index (Phi) is 6.63. The highest BCUT2D eigenvalue weighted by Crippen LogP contribution is 2.20. The fraction of sp³-hybridized carbons (Fsp3) is 0.450. The van der Waals surface area contributed by atoms with E-state index in [0.29, 0.717) is 24.3 Å². The summed E-state index contributed by atoms with van der Waals surface area (Å²) in [5.41, 5.74) is 0.663. The maximum Gasteiger partial charge on any atom is 0.225 e. The number of methoxy groups -OCH3 is 1. The van der Waals surface area contributed by atoms with Gasteiger partial charge in [0.15, 0.2) is 0 Å². The topological polar surface area (TPSA) is 41.6 Å². The molecular weight excluding hydrogens is 351 g/mol. The largest absolute Gasteiger partial charge is 0.497 e. The van der Waals surface area contributed by atoms with Gasteiger partial charge in [0.25, 0.3) is 0 Å². The summed E-state index contributed by atoms with van der Waals surface area (Å²) in [5, 5.41) is 5.14. The van der Waals surface area contributed by atoms with Crippen LogP contribution in [0.3, 0.4) is 0 Å². The third-order valence-electron chi connectivity index (χ3n) is 4.69. The number of ether oxygens (including phenoxy) is 1. The molecule has 0 aliphatic carbocycles. The Morgan fingerprint density at radius 3 is 3.00 bits per heavy atom. The van der Waals surface area contributed by atoms with Gasteiger partial charge in [-0.3, -0.25) is 9.69 Å². The van der Waals surface area contributed by atoms with Crippen LogP contribution >= 0.6 is 11.3 Å². The first-order chi connectivity index (χ1) is 12.6. The number of nitrogens with one attached hydrogen (secondary N) is 1. The predicted molar refractivity (Wildman–Crippen MR) is 102 cm³/mol. The lowest BCUT2D eigenvalue weighted by atomic mass is 10.1. The lowest BCUT2D eigenvalue weighted by Gasteiger charge is -2.25. The van der Waals surface area contributed by atoms with Crippen LogP contribution in [0.15, 0.2) is 35.7 Å². The van der Waals surface area contributed by atoms with Crippen LogP contribution in [0.5, 0.6) is 5.75 Å². The van der Waals surface area contributed by atoms with E-state index >= 15 is 0 Å². The first-order valence-corrected chi connectivity index (χ1v) is 9.88. The van der Waals surface area contributed by atoms with Gasteiger partial charge in [-0.15, -0.1) is 11.3 Å². The summed E-state index contributed by atoms with van der Waals surface area (Å²) in [7, 11) is 1.53. The Labute approximate surface area is 158 Å². The number of thiophene rings is 1. The Balaban J connectivity index is 1.57. The molecule has 2 heterocycles. The van der Waals surface area contributed by atoms with E-state index in [1.807, 2.05) is 17.5 Å². The quantitative estimate of drug-likeness (QED) is 0.837. The van der Waals surface area contributed by atoms with Gasteiger partial charge < -0.3 is 10.1 Å². The second kappa shape index (κ2) is 9.14. The summed E-state index contributed by atoms with van der Waals surface area (Å²) in [4.78, 5) is 15.6. The highest BCUT2D eigenvalue weighted by Gasteiger charge is 2.21. The maximum atomic E-state index is 14.2. The van der Waals surface area contributed by atoms with E-state index < -0.39 is 0 Å². The van der Waals surface area contributed by atoms with Gasteiger partial charge in [-0.2, -0.15) is 0 Å². The molecule has 1 fully saturated rings. The van der Waals surface area contributed by atoms with Crippen LogP contribution in [-0.2, 0) is 17.8 Å². The molecule has 1 aliphatic rings. The molecule has 1 aromatic carbocycles. The number of hydrogen-bond acceptors (Lipinski definition) is 4. The van der Waals surface area contributed by atoms with Gasteiger partial charge in [-0.1, -0.05) is 18.6 Å². The molecule has 1 atom stereocenters. The first-order valence-electron chi connectivity index (χ1n) is 9.00. The summed E-state index contributed by atoms with van der Waals surface area (Å²) < 4.78 is 19.3. The predicted octanol–water partition coefficient (Wildman–Crippen LogP) is 3.61. The van der Waals surface area contributed by atoms with Crippen LogP contribution in [0.4, 0.5) is 4.39 Å². The number of hydrogen-bond donors (Lipinski definition) is 1. The molecule has 3 rings (SSSR count). The van der Waals surface area contributed by atoms with Crippen molar-refractivity contribution in [3.8, 4) is 5.75 Å². The van der Waals surface area contributed by atoms with Crippen molar-refractivity contribution in [2.45, 2.75) is 38.3 Å². The van der Waals surface area contributed by atoms with Gasteiger partial charge in [0.05, 0.1) is 13.5 Å². The molecule has 1 N–H and O–H groups in total. The van der Waals surface area contributed by atoms with E-state index in [0.717, 1.165) is 37.2 Å². The van der Waals surface area contributed by atoms with E-state index in [9.17, 15) is 9.18 Å². The van der Waals surface area contributed by atoms with Crippen molar-refractivity contribution in [1.29, 1.82) is 0 Å². The van der Waals surface area contributed by atoms with Gasteiger partial charge in [-0.25, -0.2) is 4.39 Å². The van der Waals surface area contributed by atoms with Crippen LogP contribution in [-0.4, -0.2) is 37.0 Å². The number of benzene rings is 1. The van der Waals surface area contributed by atoms with Crippen molar-refractivity contribution in [3.05, 3.63) is 52.0 Å². The van der Waals surface area contributed by atoms with Crippen LogP contribution in [0, 0.1) is 5.82 Å². The molecule has 26 heavy (non-hydrogen) atoms. The standard InChI is InChI=1S/C20H25FN2O2S/c1-25-17-8-7-15(19(21)11-17)13-23-9-3-2-5-16(14-23)22-20(24)12-18-6-4-10-26-18/h4,6-8,10-11,16H,2-3,5,9,12-14H2,1H3,(H,22,24)/t16-/m0/s1. The smallest absolute Gasteiger partial charge is 0.225 e. The fourth-order valence-electron chi connectivity index (χ4n) is 3.36. The van der Waals surface area contributed by atoms with Gasteiger partial charge in [0.1, 0.15) is 11.6 Å². The normalized spacial score (nSPS) is 18.3. The minimum Gasteiger partial charge on any atom is -0.497 e. The number of carbonyl (C=O) groups excluding carboxylic acids is 1. The monoisotopic (exact) mass is 376 g/mol. The molecule has 1 aromatic heterocycles. The summed E-state index contributed by atoms with van der Waals surface area (Å²) in [5.74, 6) is 0.350. The molecule has 0 saturated carbocycles. The number of carbonyl (C=O) groups is 1. The summed E-state index contributed by atoms with van der Waals surface area (Å²) in [6.07, 6.45) is 3.54. The van der Waals surface area contributed by atoms with E-state index in [1.165, 1.54) is 13.2 Å². The van der Waals surface area contributed by atoms with Gasteiger partial charge in [0.2, 0.25) is 5.91 Å². The molecule has 140 valence electrons. The zero-order valence-electron chi connectivity index (χ0n) is 15.0. The third kappa shape index (κ3) is 5.29. The number of halogens is 1. The van der Waals surface area contributed by atoms with Crippen molar-refractivity contribution < 1.29 is 13.9 Å². The first kappa shape index (κ1) is 18.9. The lowest BCUT2D eigenvalue weighted by molar-refractivity contribution is -0.121. The molecule has 0 bridgehead atoms. The Morgan fingerprint density at radius 2 is 2.27 bits per heavy atom. The second-order valence-electron chi connectivity index (χ2n) is 6.71. The minimum absolute atomic E-state index is 0.0647. The molecule has 1 aliphatic heterocycles. The third-order valence-corrected chi connectivity index (χ3v) is 5.57. The number of rotatable bonds is 6. The molecule has 6 heteroatoms. The molecule has 4 nitrogen and oxygen atoms in total. The van der Waals surface area contributed by atoms with Crippen molar-refractivity contribution in [3.63, 3.8) is 0 Å². The lowest BCUT2D eigenvalue weighted by Crippen LogP contribution is -2.43. The maximum absolute atomic E-state index is 14.2. The van der Waals surface area contributed by atoms with Crippen LogP contribution in [0.1, 0.15) is 29.7 Å². The average Bonchev–Trinajstić information content (AvgIpc) is 3.03. The molecule has 0 radical (unpaired) electrons. The number of likely N-dealkylation sites (tertiary alicyclic amines) is 1. The average molecular weight is 376 g/mol. The fourth-order valence-corrected chi connectivity index (χ4v) is 4.06. The van der Waals surface area contributed by atoms with Gasteiger partial charge in [0, 0.05) is 35.6 Å². The highest BCUT2D eigenvalue weighted by molar-refractivity contribution is 7.10. The zero-order chi connectivity index (χ0) is 18.4. The van der Waals surface area contributed by atoms with Crippen molar-refractivity contribution in [2.24, 2.45) is 0 Å². The summed E-state index contributed by atoms with van der Waals surface area (Å²) in [6, 6.07) is 9.05. The molecule has 0 spiro atoms. The van der Waals surface area contributed by atoms with Crippen LogP contribution < -0.4 is 10.1 Å². The Bertz CT molecular complexity index is 721. The molecule has 1 saturated heterocycles. The second-order valence-corrected chi connectivity index (χ2v) is 7.74. The van der Waals surface area contributed by atoms with Crippen molar-refractivity contribution in [1.82, 2.24) is 10.2 Å². The number of amides is 1. The van der Waals surface area contributed by atoms with E-state index in [-0.39, 0.29) is 17.8 Å². The van der Waals surface area contributed by atoms with E-state index in [2.05, 4.69) is 10.2 Å². The summed E-state index contributed by atoms with van der Waals surface area (Å²) in [6.45, 7) is 2.22. The minimum atomic E-state index is -0.244. The van der Waals surface area contributed by atoms with Crippen LogP contribution in [0.25, 0.3) is 0 Å². The van der Waals surface area contributed by atoms with E-state index in [1.54, 1.807) is 23.5 Å². The molecule has 0 unspecified atom stereocenters. The molecule has 2 aromatic rings. The van der Waals surface area contributed by atoms with E-state index in [4.69, 9.17) is 4.74 Å². The Hall–Kier alpha value is -1.92. The van der Waals surface area contributed by atoms with Crippen molar-refractivity contribution >= 4 is 17.2 Å². The Morgan fingerprint density at radius 1 is 1.38 bits per heavy atom. The molecule has 1 amide bonds. The molecular formula is C20H25FN2O2S. The highest BCUT2D eigenvalue weighted by atomic mass is 32.1. The van der Waals surface area contributed by atoms with Crippen LogP contribution in [0.2, 0.25) is 0 Å². The number of nitrogens with zero attached hydrogens (tertiary/aromatic N) is 1. The van der Waals surface area contributed by atoms with Gasteiger partial charge in [-0.05, 0) is 36.9 Å². The van der Waals surface area contributed by atoms with Crippen molar-refractivity contribution in [2.75, 3.05) is 20.2 Å².